The quantitative estimate of drug-likeness (QED) is 0.853. The molecule has 2 saturated carbocycles. The molecule has 25 heavy (non-hydrogen) atoms. The van der Waals surface area contributed by atoms with Crippen LogP contribution in [0.2, 0.25) is 0 Å². The van der Waals surface area contributed by atoms with Gasteiger partial charge in [0.1, 0.15) is 0 Å². The van der Waals surface area contributed by atoms with Crippen molar-refractivity contribution in [1.82, 2.24) is 5.32 Å². The highest BCUT2D eigenvalue weighted by Gasteiger charge is 2.40. The van der Waals surface area contributed by atoms with E-state index in [-0.39, 0.29) is 18.0 Å². The van der Waals surface area contributed by atoms with Gasteiger partial charge in [-0.1, -0.05) is 6.42 Å². The Kier molecular flexibility index (Phi) is 5.37. The minimum atomic E-state index is -0.129. The molecule has 0 saturated heterocycles. The molecule has 138 valence electrons. The Balaban J connectivity index is 1.84. The van der Waals surface area contributed by atoms with Gasteiger partial charge in [-0.25, -0.2) is 0 Å². The number of amides is 1. The van der Waals surface area contributed by atoms with Gasteiger partial charge in [-0.3, -0.25) is 4.79 Å². The maximum Gasteiger partial charge on any atom is 0.255 e. The first-order valence-corrected chi connectivity index (χ1v) is 8.94. The zero-order chi connectivity index (χ0) is 18.0. The molecule has 0 spiro atoms. The molecule has 0 heterocycles. The predicted molar refractivity (Wildman–Crippen MR) is 95.4 cm³/mol. The summed E-state index contributed by atoms with van der Waals surface area (Å²) in [6, 6.07) is 3.91. The molecule has 2 aliphatic carbocycles. The molecule has 0 aliphatic heterocycles. The zero-order valence-corrected chi connectivity index (χ0v) is 15.2. The molecule has 3 rings (SSSR count). The van der Waals surface area contributed by atoms with Gasteiger partial charge >= 0.3 is 0 Å². The third-order valence-corrected chi connectivity index (χ3v) is 5.62. The van der Waals surface area contributed by atoms with Gasteiger partial charge < -0.3 is 25.3 Å². The second-order valence-electron chi connectivity index (χ2n) is 7.06. The maximum atomic E-state index is 13.0. The number of ether oxygens (including phenoxy) is 3. The number of rotatable bonds is 5. The fourth-order valence-corrected chi connectivity index (χ4v) is 4.53. The van der Waals surface area contributed by atoms with Crippen molar-refractivity contribution in [3.63, 3.8) is 0 Å². The number of nitrogens with two attached hydrogens (primary N) is 1. The van der Waals surface area contributed by atoms with E-state index in [1.165, 1.54) is 20.6 Å². The largest absolute Gasteiger partial charge is 0.493 e. The molecule has 2 bridgehead atoms. The topological polar surface area (TPSA) is 82.8 Å². The number of nitrogens with one attached hydrogen (secondary N) is 1. The lowest BCUT2D eigenvalue weighted by Gasteiger charge is -2.45. The molecule has 1 aromatic carbocycles. The van der Waals surface area contributed by atoms with E-state index >= 15 is 0 Å². The number of carbonyl (C=O) groups excluding carboxylic acids is 1. The van der Waals surface area contributed by atoms with Crippen molar-refractivity contribution in [2.24, 2.45) is 17.6 Å². The molecular formula is C19H28N2O4. The van der Waals surface area contributed by atoms with Crippen LogP contribution in [-0.2, 0) is 0 Å². The number of hydrogen-bond donors (Lipinski definition) is 2. The third-order valence-electron chi connectivity index (χ3n) is 5.62. The summed E-state index contributed by atoms with van der Waals surface area (Å²) < 4.78 is 16.1. The van der Waals surface area contributed by atoms with Crippen molar-refractivity contribution in [3.8, 4) is 17.2 Å². The molecule has 1 aromatic rings. The van der Waals surface area contributed by atoms with Crippen molar-refractivity contribution in [3.05, 3.63) is 17.7 Å². The average molecular weight is 348 g/mol. The van der Waals surface area contributed by atoms with Gasteiger partial charge in [0, 0.05) is 12.1 Å². The number of fused-ring (bicyclic) bond motifs is 2. The Bertz CT molecular complexity index is 620. The smallest absolute Gasteiger partial charge is 0.255 e. The molecule has 2 aliphatic rings. The molecule has 2 atom stereocenters. The summed E-state index contributed by atoms with van der Waals surface area (Å²) in [7, 11) is 4.63. The van der Waals surface area contributed by atoms with Gasteiger partial charge in [-0.2, -0.15) is 0 Å². The summed E-state index contributed by atoms with van der Waals surface area (Å²) in [5, 5.41) is 3.25. The van der Waals surface area contributed by atoms with Crippen LogP contribution >= 0.6 is 0 Å². The van der Waals surface area contributed by atoms with Crippen LogP contribution in [0.15, 0.2) is 12.1 Å². The summed E-state index contributed by atoms with van der Waals surface area (Å²) in [5.74, 6) is 2.18. The first-order chi connectivity index (χ1) is 12.1. The van der Waals surface area contributed by atoms with E-state index in [0.717, 1.165) is 25.7 Å². The summed E-state index contributed by atoms with van der Waals surface area (Å²) in [6.07, 6.45) is 5.49. The normalized spacial score (nSPS) is 28.2. The van der Waals surface area contributed by atoms with Gasteiger partial charge in [-0.15, -0.1) is 0 Å². The summed E-state index contributed by atoms with van der Waals surface area (Å²) in [4.78, 5) is 13.0. The number of carbonyl (C=O) groups is 1. The van der Waals surface area contributed by atoms with Gasteiger partial charge in [0.15, 0.2) is 11.5 Å². The van der Waals surface area contributed by atoms with Crippen LogP contribution < -0.4 is 25.3 Å². The van der Waals surface area contributed by atoms with Crippen molar-refractivity contribution in [2.75, 3.05) is 21.3 Å². The van der Waals surface area contributed by atoms with Crippen molar-refractivity contribution >= 4 is 5.91 Å². The Hall–Kier alpha value is -1.95. The maximum absolute atomic E-state index is 13.0. The molecule has 2 fully saturated rings. The highest BCUT2D eigenvalue weighted by Crippen LogP contribution is 2.42. The lowest BCUT2D eigenvalue weighted by atomic mass is 9.67. The minimum Gasteiger partial charge on any atom is -0.493 e. The van der Waals surface area contributed by atoms with E-state index in [2.05, 4.69) is 5.32 Å². The zero-order valence-electron chi connectivity index (χ0n) is 15.2. The molecule has 3 N–H and O–H groups in total. The first-order valence-electron chi connectivity index (χ1n) is 8.94. The Labute approximate surface area is 149 Å². The van der Waals surface area contributed by atoms with Gasteiger partial charge in [0.25, 0.3) is 5.91 Å². The fraction of sp³-hybridized carbons (Fsp3) is 0.632. The van der Waals surface area contributed by atoms with Crippen LogP contribution in [0.4, 0.5) is 0 Å². The lowest BCUT2D eigenvalue weighted by Crippen LogP contribution is -2.53. The van der Waals surface area contributed by atoms with Crippen LogP contribution in [0.1, 0.15) is 42.5 Å². The molecule has 6 heteroatoms. The van der Waals surface area contributed by atoms with Crippen LogP contribution in [0.25, 0.3) is 0 Å². The van der Waals surface area contributed by atoms with E-state index in [1.54, 1.807) is 19.2 Å². The van der Waals surface area contributed by atoms with Crippen LogP contribution in [0, 0.1) is 11.8 Å². The van der Waals surface area contributed by atoms with Crippen LogP contribution in [-0.4, -0.2) is 39.3 Å². The third kappa shape index (κ3) is 3.40. The van der Waals surface area contributed by atoms with Crippen molar-refractivity contribution in [2.45, 2.75) is 44.2 Å². The molecule has 0 radical (unpaired) electrons. The van der Waals surface area contributed by atoms with Crippen molar-refractivity contribution in [1.29, 1.82) is 0 Å². The summed E-state index contributed by atoms with van der Waals surface area (Å²) in [5.41, 5.74) is 6.65. The van der Waals surface area contributed by atoms with E-state index < -0.39 is 0 Å². The molecule has 1 amide bonds. The summed E-state index contributed by atoms with van der Waals surface area (Å²) >= 11 is 0. The summed E-state index contributed by atoms with van der Waals surface area (Å²) in [6.45, 7) is 0. The number of hydrogen-bond acceptors (Lipinski definition) is 5. The van der Waals surface area contributed by atoms with E-state index in [0.29, 0.717) is 34.6 Å². The minimum absolute atomic E-state index is 0.129. The molecular weight excluding hydrogens is 320 g/mol. The van der Waals surface area contributed by atoms with Crippen LogP contribution in [0.5, 0.6) is 17.2 Å². The second-order valence-corrected chi connectivity index (χ2v) is 7.06. The van der Waals surface area contributed by atoms with Crippen LogP contribution in [0.3, 0.4) is 0 Å². The average Bonchev–Trinajstić information content (AvgIpc) is 2.60. The van der Waals surface area contributed by atoms with E-state index in [1.807, 2.05) is 0 Å². The highest BCUT2D eigenvalue weighted by atomic mass is 16.5. The first kappa shape index (κ1) is 17.9. The standard InChI is InChI=1S/C19H28N2O4/c1-23-15-8-7-14(17(24-2)18(15)25-3)19(22)21-16-11-5-4-6-12(16)10-13(20)9-11/h7-8,11-13,16H,4-6,9-10,20H2,1-3H3,(H,21,22). The van der Waals surface area contributed by atoms with Crippen molar-refractivity contribution < 1.29 is 19.0 Å². The van der Waals surface area contributed by atoms with Gasteiger partial charge in [0.2, 0.25) is 5.75 Å². The lowest BCUT2D eigenvalue weighted by molar-refractivity contribution is 0.0753. The predicted octanol–water partition coefficient (Wildman–Crippen LogP) is 2.35. The second kappa shape index (κ2) is 7.52. The highest BCUT2D eigenvalue weighted by molar-refractivity contribution is 5.98. The molecule has 6 nitrogen and oxygen atoms in total. The Morgan fingerprint density at radius 1 is 1.04 bits per heavy atom. The fourth-order valence-electron chi connectivity index (χ4n) is 4.53. The SMILES string of the molecule is COc1ccc(C(=O)NC2C3CCCC2CC(N)C3)c(OC)c1OC. The van der Waals surface area contributed by atoms with Gasteiger partial charge in [0.05, 0.1) is 26.9 Å². The molecule has 2 unspecified atom stereocenters. The number of benzene rings is 1. The van der Waals surface area contributed by atoms with Gasteiger partial charge in [-0.05, 0) is 49.7 Å². The Morgan fingerprint density at radius 3 is 2.24 bits per heavy atom. The Morgan fingerprint density at radius 2 is 1.68 bits per heavy atom. The number of methoxy groups -OCH3 is 3. The van der Waals surface area contributed by atoms with E-state index in [4.69, 9.17) is 19.9 Å². The molecule has 0 aromatic heterocycles. The van der Waals surface area contributed by atoms with E-state index in [9.17, 15) is 4.79 Å². The monoisotopic (exact) mass is 348 g/mol.